The van der Waals surface area contributed by atoms with E-state index in [0.717, 1.165) is 0 Å². The Kier molecular flexibility index (Phi) is 6.52. The summed E-state index contributed by atoms with van der Waals surface area (Å²) in [5, 5.41) is 6.97. The van der Waals surface area contributed by atoms with Gasteiger partial charge in [-0.1, -0.05) is 54.6 Å². The monoisotopic (exact) mass is 369 g/mol. The zero-order valence-electron chi connectivity index (χ0n) is 14.4. The molecule has 3 rings (SSSR count). The number of benzene rings is 2. The van der Waals surface area contributed by atoms with Crippen LogP contribution in [0.4, 0.5) is 4.39 Å². The molecular formula is C21H22FN2OS+. The quantitative estimate of drug-likeness (QED) is 0.630. The average molecular weight is 369 g/mol. The number of quaternary nitrogens is 1. The van der Waals surface area contributed by atoms with Crippen LogP contribution in [0.3, 0.4) is 0 Å². The third-order valence-corrected chi connectivity index (χ3v) is 5.18. The molecule has 3 nitrogen and oxygen atoms in total. The van der Waals surface area contributed by atoms with Crippen LogP contribution in [0.2, 0.25) is 0 Å². The van der Waals surface area contributed by atoms with Crippen LogP contribution in [0.25, 0.3) is 0 Å². The van der Waals surface area contributed by atoms with Gasteiger partial charge >= 0.3 is 0 Å². The second-order valence-electron chi connectivity index (χ2n) is 6.03. The first-order chi connectivity index (χ1) is 12.7. The van der Waals surface area contributed by atoms with Gasteiger partial charge in [0.15, 0.2) is 6.54 Å². The Morgan fingerprint density at radius 2 is 1.81 bits per heavy atom. The van der Waals surface area contributed by atoms with Gasteiger partial charge in [0.05, 0.1) is 4.88 Å². The van der Waals surface area contributed by atoms with Crippen molar-refractivity contribution in [3.05, 3.63) is 93.9 Å². The van der Waals surface area contributed by atoms with Crippen molar-refractivity contribution in [1.29, 1.82) is 0 Å². The number of hydrogen-bond donors (Lipinski definition) is 2. The highest BCUT2D eigenvalue weighted by Gasteiger charge is 2.19. The number of nitrogens with two attached hydrogens (primary N) is 1. The maximum atomic E-state index is 13.6. The van der Waals surface area contributed by atoms with Crippen molar-refractivity contribution in [1.82, 2.24) is 5.32 Å². The van der Waals surface area contributed by atoms with E-state index >= 15 is 0 Å². The minimum absolute atomic E-state index is 0.0428. The molecule has 3 N–H and O–H groups in total. The van der Waals surface area contributed by atoms with Crippen molar-refractivity contribution in [2.24, 2.45) is 0 Å². The lowest BCUT2D eigenvalue weighted by Gasteiger charge is -2.14. The van der Waals surface area contributed by atoms with Gasteiger partial charge in [-0.15, -0.1) is 11.3 Å². The van der Waals surface area contributed by atoms with Crippen molar-refractivity contribution in [3.63, 3.8) is 0 Å². The lowest BCUT2D eigenvalue weighted by atomic mass is 10.1. The van der Waals surface area contributed by atoms with Crippen molar-refractivity contribution < 1.29 is 14.5 Å². The van der Waals surface area contributed by atoms with E-state index in [1.807, 2.05) is 35.0 Å². The van der Waals surface area contributed by atoms with Crippen molar-refractivity contribution in [3.8, 4) is 0 Å². The fraction of sp³-hybridized carbons (Fsp3) is 0.190. The minimum atomic E-state index is -0.227. The number of thiophene rings is 1. The lowest BCUT2D eigenvalue weighted by molar-refractivity contribution is -0.676. The van der Waals surface area contributed by atoms with Gasteiger partial charge < -0.3 is 10.6 Å². The predicted octanol–water partition coefficient (Wildman–Crippen LogP) is 2.90. The Bertz CT molecular complexity index is 821. The molecule has 0 aliphatic carbocycles. The van der Waals surface area contributed by atoms with Gasteiger partial charge in [0.25, 0.3) is 5.91 Å². The van der Waals surface area contributed by atoms with Gasteiger partial charge in [0, 0.05) is 12.1 Å². The molecule has 3 aromatic rings. The fourth-order valence-electron chi connectivity index (χ4n) is 2.88. The Balaban J connectivity index is 1.52. The summed E-state index contributed by atoms with van der Waals surface area (Å²) >= 11 is 1.69. The topological polar surface area (TPSA) is 45.7 Å². The largest absolute Gasteiger partial charge is 0.351 e. The maximum Gasteiger partial charge on any atom is 0.275 e. The van der Waals surface area contributed by atoms with Crippen molar-refractivity contribution in [2.75, 3.05) is 13.1 Å². The molecule has 1 atom stereocenters. The summed E-state index contributed by atoms with van der Waals surface area (Å²) in [4.78, 5) is 13.4. The third kappa shape index (κ3) is 5.00. The van der Waals surface area contributed by atoms with E-state index < -0.39 is 0 Å². The zero-order chi connectivity index (χ0) is 18.2. The van der Waals surface area contributed by atoms with Gasteiger partial charge in [-0.3, -0.25) is 4.79 Å². The Labute approximate surface area is 156 Å². The molecule has 0 fully saturated rings. The van der Waals surface area contributed by atoms with Crippen LogP contribution in [-0.4, -0.2) is 19.0 Å². The van der Waals surface area contributed by atoms with Crippen LogP contribution < -0.4 is 10.6 Å². The number of amides is 1. The number of rotatable bonds is 8. The standard InChI is InChI=1S/C21H21FN2OS/c22-18-10-5-4-7-16(18)12-13-23-20(25)15-24-21(19-11-6-14-26-19)17-8-2-1-3-9-17/h1-11,14,21,24H,12-13,15H2,(H,23,25)/p+1/t21-/m1/s1. The highest BCUT2D eigenvalue weighted by atomic mass is 32.1. The Morgan fingerprint density at radius 1 is 1.04 bits per heavy atom. The van der Waals surface area contributed by atoms with Gasteiger partial charge in [0.2, 0.25) is 0 Å². The van der Waals surface area contributed by atoms with Crippen molar-refractivity contribution in [2.45, 2.75) is 12.5 Å². The molecule has 1 heterocycles. The first-order valence-corrected chi connectivity index (χ1v) is 9.54. The van der Waals surface area contributed by atoms with E-state index in [4.69, 9.17) is 0 Å². The number of halogens is 1. The van der Waals surface area contributed by atoms with E-state index in [9.17, 15) is 9.18 Å². The molecule has 26 heavy (non-hydrogen) atoms. The number of hydrogen-bond acceptors (Lipinski definition) is 2. The van der Waals surface area contributed by atoms with Crippen molar-refractivity contribution >= 4 is 17.2 Å². The summed E-state index contributed by atoms with van der Waals surface area (Å²) < 4.78 is 13.6. The summed E-state index contributed by atoms with van der Waals surface area (Å²) in [6.07, 6.45) is 0.492. The van der Waals surface area contributed by atoms with Crippen LogP contribution in [0.5, 0.6) is 0 Å². The smallest absolute Gasteiger partial charge is 0.275 e. The molecule has 0 aliphatic rings. The SMILES string of the molecule is O=C(C[NH2+][C@H](c1ccccc1)c1cccs1)NCCc1ccccc1F. The summed E-state index contributed by atoms with van der Waals surface area (Å²) in [6, 6.07) is 21.1. The fourth-order valence-corrected chi connectivity index (χ4v) is 3.73. The predicted molar refractivity (Wildman–Crippen MR) is 103 cm³/mol. The summed E-state index contributed by atoms with van der Waals surface area (Å²) in [7, 11) is 0. The van der Waals surface area contributed by atoms with Crippen LogP contribution in [-0.2, 0) is 11.2 Å². The molecule has 0 radical (unpaired) electrons. The minimum Gasteiger partial charge on any atom is -0.351 e. The molecule has 0 saturated carbocycles. The first-order valence-electron chi connectivity index (χ1n) is 8.66. The molecule has 2 aromatic carbocycles. The molecule has 0 bridgehead atoms. The van der Waals surface area contributed by atoms with Gasteiger partial charge in [-0.25, -0.2) is 4.39 Å². The highest BCUT2D eigenvalue weighted by Crippen LogP contribution is 2.22. The number of carbonyl (C=O) groups excluding carboxylic acids is 1. The van der Waals surface area contributed by atoms with Gasteiger partial charge in [-0.05, 0) is 29.5 Å². The summed E-state index contributed by atoms with van der Waals surface area (Å²) in [5.74, 6) is -0.269. The molecule has 0 saturated heterocycles. The average Bonchev–Trinajstić information content (AvgIpc) is 3.19. The zero-order valence-corrected chi connectivity index (χ0v) is 15.2. The highest BCUT2D eigenvalue weighted by molar-refractivity contribution is 7.10. The third-order valence-electron chi connectivity index (χ3n) is 4.22. The molecule has 134 valence electrons. The van der Waals surface area contributed by atoms with E-state index in [-0.39, 0.29) is 17.8 Å². The first kappa shape index (κ1) is 18.3. The van der Waals surface area contributed by atoms with Gasteiger partial charge in [-0.2, -0.15) is 0 Å². The van der Waals surface area contributed by atoms with Gasteiger partial charge in [0.1, 0.15) is 11.9 Å². The summed E-state index contributed by atoms with van der Waals surface area (Å²) in [5.41, 5.74) is 1.80. The number of nitrogens with one attached hydrogen (secondary N) is 1. The second kappa shape index (κ2) is 9.27. The molecule has 0 spiro atoms. The van der Waals surface area contributed by atoms with Crippen LogP contribution in [0.1, 0.15) is 22.0 Å². The Hall–Kier alpha value is -2.50. The lowest BCUT2D eigenvalue weighted by Crippen LogP contribution is -2.87. The molecule has 5 heteroatoms. The molecule has 0 unspecified atom stereocenters. The van der Waals surface area contributed by atoms with E-state index in [2.05, 4.69) is 23.5 Å². The van der Waals surface area contributed by atoms with Crippen LogP contribution in [0, 0.1) is 5.82 Å². The van der Waals surface area contributed by atoms with E-state index in [1.54, 1.807) is 29.5 Å². The molecular weight excluding hydrogens is 347 g/mol. The van der Waals surface area contributed by atoms with Crippen LogP contribution in [0.15, 0.2) is 72.1 Å². The maximum absolute atomic E-state index is 13.6. The normalized spacial score (nSPS) is 11.9. The number of carbonyl (C=O) groups is 1. The van der Waals surface area contributed by atoms with Crippen LogP contribution >= 0.6 is 11.3 Å². The Morgan fingerprint density at radius 3 is 2.54 bits per heavy atom. The molecule has 0 aliphatic heterocycles. The van der Waals surface area contributed by atoms with E-state index in [1.165, 1.54) is 16.5 Å². The molecule has 1 amide bonds. The van der Waals surface area contributed by atoms with E-state index in [0.29, 0.717) is 25.1 Å². The molecule has 1 aromatic heterocycles. The second-order valence-corrected chi connectivity index (χ2v) is 7.01. The summed E-state index contributed by atoms with van der Waals surface area (Å²) in [6.45, 7) is 0.761.